The third kappa shape index (κ3) is 5.07. The van der Waals surface area contributed by atoms with Gasteiger partial charge in [0.25, 0.3) is 5.91 Å². The molecule has 1 heterocycles. The normalized spacial score (nSPS) is 10.3. The number of carboxylic acids is 1. The molecule has 0 saturated carbocycles. The van der Waals surface area contributed by atoms with E-state index in [1.807, 2.05) is 24.3 Å². The Kier molecular flexibility index (Phi) is 6.10. The van der Waals surface area contributed by atoms with Crippen LogP contribution < -0.4 is 10.1 Å². The van der Waals surface area contributed by atoms with Crippen molar-refractivity contribution in [2.24, 2.45) is 0 Å². The van der Waals surface area contributed by atoms with E-state index in [0.29, 0.717) is 25.1 Å². The number of hydrogen-bond donors (Lipinski definition) is 2. The summed E-state index contributed by atoms with van der Waals surface area (Å²) in [5, 5.41) is 13.8. The number of ether oxygens (including phenoxy) is 1. The molecule has 0 saturated heterocycles. The van der Waals surface area contributed by atoms with Crippen LogP contribution in [0.3, 0.4) is 0 Å². The van der Waals surface area contributed by atoms with Crippen LogP contribution in [0.5, 0.6) is 5.75 Å². The number of methoxy groups -OCH3 is 1. The van der Waals surface area contributed by atoms with Crippen LogP contribution in [0.1, 0.15) is 29.8 Å². The molecule has 7 heteroatoms. The molecule has 0 unspecified atom stereocenters. The number of benzene rings is 1. The first-order chi connectivity index (χ1) is 11.1. The minimum atomic E-state index is -0.819. The van der Waals surface area contributed by atoms with Crippen molar-refractivity contribution in [3.63, 3.8) is 0 Å². The van der Waals surface area contributed by atoms with E-state index >= 15 is 0 Å². The van der Waals surface area contributed by atoms with Crippen molar-refractivity contribution in [2.75, 3.05) is 13.7 Å². The summed E-state index contributed by atoms with van der Waals surface area (Å²) < 4.78 is 5.11. The van der Waals surface area contributed by atoms with Crippen LogP contribution in [-0.2, 0) is 4.79 Å². The Hall–Kier alpha value is -2.41. The second-order valence-electron chi connectivity index (χ2n) is 4.87. The summed E-state index contributed by atoms with van der Waals surface area (Å²) in [6.07, 6.45) is 1.30. The molecule has 1 aromatic carbocycles. The van der Waals surface area contributed by atoms with Crippen molar-refractivity contribution >= 4 is 23.2 Å². The fraction of sp³-hybridized carbons (Fsp3) is 0.312. The van der Waals surface area contributed by atoms with Gasteiger partial charge in [0, 0.05) is 23.9 Å². The van der Waals surface area contributed by atoms with Crippen molar-refractivity contribution in [3.8, 4) is 16.3 Å². The average molecular weight is 334 g/mol. The van der Waals surface area contributed by atoms with E-state index in [1.165, 1.54) is 11.3 Å². The van der Waals surface area contributed by atoms with Gasteiger partial charge in [-0.3, -0.25) is 9.59 Å². The number of carbonyl (C=O) groups excluding carboxylic acids is 1. The summed E-state index contributed by atoms with van der Waals surface area (Å²) in [6, 6.07) is 7.48. The molecule has 2 rings (SSSR count). The first kappa shape index (κ1) is 17.0. The minimum absolute atomic E-state index is 0.119. The van der Waals surface area contributed by atoms with E-state index in [-0.39, 0.29) is 12.3 Å². The molecule has 2 aromatic rings. The second kappa shape index (κ2) is 8.28. The van der Waals surface area contributed by atoms with Gasteiger partial charge in [0.2, 0.25) is 0 Å². The highest BCUT2D eigenvalue weighted by molar-refractivity contribution is 7.13. The number of aliphatic carboxylic acids is 1. The zero-order chi connectivity index (χ0) is 16.7. The average Bonchev–Trinajstić information content (AvgIpc) is 3.04. The topological polar surface area (TPSA) is 88.5 Å². The number of thiazole rings is 1. The molecule has 1 amide bonds. The van der Waals surface area contributed by atoms with E-state index in [4.69, 9.17) is 9.84 Å². The summed E-state index contributed by atoms with van der Waals surface area (Å²) in [6.45, 7) is 0.446. The van der Waals surface area contributed by atoms with Crippen LogP contribution in [0.2, 0.25) is 0 Å². The molecule has 0 spiro atoms. The van der Waals surface area contributed by atoms with Crippen molar-refractivity contribution in [2.45, 2.75) is 19.3 Å². The molecule has 0 aliphatic heterocycles. The summed E-state index contributed by atoms with van der Waals surface area (Å²) in [4.78, 5) is 26.7. The monoisotopic (exact) mass is 334 g/mol. The SMILES string of the molecule is COc1ccc(-c2nc(C(=O)NCCCCC(=O)O)cs2)cc1. The zero-order valence-corrected chi connectivity index (χ0v) is 13.6. The van der Waals surface area contributed by atoms with E-state index in [0.717, 1.165) is 16.3 Å². The molecule has 6 nitrogen and oxygen atoms in total. The van der Waals surface area contributed by atoms with Gasteiger partial charge in [-0.15, -0.1) is 11.3 Å². The number of carboxylic acid groups (broad SMARTS) is 1. The molecule has 1 aromatic heterocycles. The highest BCUT2D eigenvalue weighted by Gasteiger charge is 2.11. The van der Waals surface area contributed by atoms with Crippen molar-refractivity contribution in [3.05, 3.63) is 35.3 Å². The number of hydrogen-bond acceptors (Lipinski definition) is 5. The Morgan fingerprint density at radius 1 is 1.26 bits per heavy atom. The van der Waals surface area contributed by atoms with Crippen molar-refractivity contribution < 1.29 is 19.4 Å². The van der Waals surface area contributed by atoms with Crippen LogP contribution in [0.4, 0.5) is 0 Å². The lowest BCUT2D eigenvalue weighted by molar-refractivity contribution is -0.137. The smallest absolute Gasteiger partial charge is 0.303 e. The predicted molar refractivity (Wildman–Crippen MR) is 87.9 cm³/mol. The summed E-state index contributed by atoms with van der Waals surface area (Å²) in [5.41, 5.74) is 1.30. The lowest BCUT2D eigenvalue weighted by atomic mass is 10.2. The van der Waals surface area contributed by atoms with E-state index < -0.39 is 5.97 Å². The number of unbranched alkanes of at least 4 members (excludes halogenated alkanes) is 1. The fourth-order valence-electron chi connectivity index (χ4n) is 1.94. The molecule has 0 atom stereocenters. The molecule has 0 fully saturated rings. The van der Waals surface area contributed by atoms with Gasteiger partial charge in [-0.1, -0.05) is 0 Å². The molecule has 122 valence electrons. The number of nitrogens with one attached hydrogen (secondary N) is 1. The van der Waals surface area contributed by atoms with Crippen LogP contribution in [0.15, 0.2) is 29.6 Å². The number of aromatic nitrogens is 1. The molecule has 2 N–H and O–H groups in total. The second-order valence-corrected chi connectivity index (χ2v) is 5.73. The number of nitrogens with zero attached hydrogens (tertiary/aromatic N) is 1. The quantitative estimate of drug-likeness (QED) is 0.725. The van der Waals surface area contributed by atoms with Gasteiger partial charge in [0.05, 0.1) is 7.11 Å². The molecule has 0 aliphatic carbocycles. The van der Waals surface area contributed by atoms with Gasteiger partial charge < -0.3 is 15.2 Å². The van der Waals surface area contributed by atoms with Gasteiger partial charge in [-0.2, -0.15) is 0 Å². The lowest BCUT2D eigenvalue weighted by Gasteiger charge is -2.02. The lowest BCUT2D eigenvalue weighted by Crippen LogP contribution is -2.24. The summed E-state index contributed by atoms with van der Waals surface area (Å²) in [7, 11) is 1.61. The van der Waals surface area contributed by atoms with Gasteiger partial charge >= 0.3 is 5.97 Å². The van der Waals surface area contributed by atoms with Gasteiger partial charge in [-0.25, -0.2) is 4.98 Å². The van der Waals surface area contributed by atoms with Crippen molar-refractivity contribution in [1.29, 1.82) is 0 Å². The third-order valence-corrected chi connectivity index (χ3v) is 4.07. The number of amides is 1. The first-order valence-electron chi connectivity index (χ1n) is 7.20. The molecule has 23 heavy (non-hydrogen) atoms. The predicted octanol–water partition coefficient (Wildman–Crippen LogP) is 2.80. The maximum Gasteiger partial charge on any atom is 0.303 e. The van der Waals surface area contributed by atoms with E-state index in [9.17, 15) is 9.59 Å². The first-order valence-corrected chi connectivity index (χ1v) is 8.08. The standard InChI is InChI=1S/C16H18N2O4S/c1-22-12-7-5-11(6-8-12)16-18-13(10-23-16)15(21)17-9-3-2-4-14(19)20/h5-8,10H,2-4,9H2,1H3,(H,17,21)(H,19,20). The van der Waals surface area contributed by atoms with Crippen LogP contribution >= 0.6 is 11.3 Å². The van der Waals surface area contributed by atoms with E-state index in [2.05, 4.69) is 10.3 Å². The number of carbonyl (C=O) groups is 2. The molecular formula is C16H18N2O4S. The van der Waals surface area contributed by atoms with Crippen LogP contribution in [0, 0.1) is 0 Å². The Morgan fingerprint density at radius 2 is 2.00 bits per heavy atom. The van der Waals surface area contributed by atoms with Crippen LogP contribution in [-0.4, -0.2) is 35.6 Å². The van der Waals surface area contributed by atoms with Gasteiger partial charge in [-0.05, 0) is 37.1 Å². The maximum absolute atomic E-state index is 12.0. The molecule has 0 aliphatic rings. The third-order valence-electron chi connectivity index (χ3n) is 3.18. The van der Waals surface area contributed by atoms with Crippen molar-refractivity contribution in [1.82, 2.24) is 10.3 Å². The Morgan fingerprint density at radius 3 is 2.65 bits per heavy atom. The van der Waals surface area contributed by atoms with Gasteiger partial charge in [0.15, 0.2) is 0 Å². The number of rotatable bonds is 8. The minimum Gasteiger partial charge on any atom is -0.497 e. The molecule has 0 radical (unpaired) electrons. The zero-order valence-electron chi connectivity index (χ0n) is 12.7. The molecule has 0 bridgehead atoms. The summed E-state index contributed by atoms with van der Waals surface area (Å²) >= 11 is 1.40. The van der Waals surface area contributed by atoms with E-state index in [1.54, 1.807) is 12.5 Å². The Balaban J connectivity index is 1.87. The highest BCUT2D eigenvalue weighted by Crippen LogP contribution is 2.25. The Bertz CT molecular complexity index is 667. The summed E-state index contributed by atoms with van der Waals surface area (Å²) in [5.74, 6) is -0.291. The fourth-order valence-corrected chi connectivity index (χ4v) is 2.74. The maximum atomic E-state index is 12.0. The highest BCUT2D eigenvalue weighted by atomic mass is 32.1. The Labute approximate surface area is 138 Å². The molecular weight excluding hydrogens is 316 g/mol. The largest absolute Gasteiger partial charge is 0.497 e. The van der Waals surface area contributed by atoms with Crippen LogP contribution in [0.25, 0.3) is 10.6 Å². The van der Waals surface area contributed by atoms with Gasteiger partial charge in [0.1, 0.15) is 16.5 Å².